The van der Waals surface area contributed by atoms with Gasteiger partial charge >= 0.3 is 6.18 Å². The van der Waals surface area contributed by atoms with E-state index in [1.54, 1.807) is 31.2 Å². The molecule has 0 radical (unpaired) electrons. The zero-order valence-electron chi connectivity index (χ0n) is 13.5. The summed E-state index contributed by atoms with van der Waals surface area (Å²) < 4.78 is 54.5. The number of hydrogen-bond acceptors (Lipinski definition) is 4. The molecule has 8 heteroatoms. The Hall–Kier alpha value is -2.22. The molecular weight excluding hydrogens is 336 g/mol. The molecule has 1 saturated carbocycles. The Bertz CT molecular complexity index is 792. The average Bonchev–Trinajstić information content (AvgIpc) is 3.26. The Morgan fingerprint density at radius 1 is 1.28 bits per heavy atom. The van der Waals surface area contributed by atoms with Gasteiger partial charge < -0.3 is 0 Å². The number of hydrazine groups is 1. The van der Waals surface area contributed by atoms with Crippen molar-refractivity contribution in [3.8, 4) is 0 Å². The highest BCUT2D eigenvalue weighted by Crippen LogP contribution is 2.46. The van der Waals surface area contributed by atoms with Gasteiger partial charge in [-0.15, -0.1) is 0 Å². The van der Waals surface area contributed by atoms with Crippen LogP contribution in [-0.4, -0.2) is 39.5 Å². The van der Waals surface area contributed by atoms with Crippen LogP contribution in [0.1, 0.15) is 25.3 Å². The van der Waals surface area contributed by atoms with Gasteiger partial charge in [0.05, 0.1) is 11.3 Å². The third-order valence-corrected chi connectivity index (χ3v) is 4.61. The van der Waals surface area contributed by atoms with Crippen LogP contribution in [0.5, 0.6) is 0 Å². The number of allylic oxidation sites excluding steroid dienone is 2. The Labute approximate surface area is 142 Å². The normalized spacial score (nSPS) is 22.3. The van der Waals surface area contributed by atoms with Gasteiger partial charge in [-0.05, 0) is 50.0 Å². The molecular formula is C17H16F4N4. The molecule has 1 unspecified atom stereocenters. The molecule has 4 nitrogen and oxygen atoms in total. The predicted octanol–water partition coefficient (Wildman–Crippen LogP) is 3.64. The average molecular weight is 352 g/mol. The van der Waals surface area contributed by atoms with E-state index in [-0.39, 0.29) is 18.0 Å². The van der Waals surface area contributed by atoms with E-state index in [0.717, 1.165) is 0 Å². The van der Waals surface area contributed by atoms with E-state index in [2.05, 4.69) is 9.98 Å². The number of alkyl halides is 3. The SMILES string of the molecule is CC1=CC(c2cccnc2F)=NC2=CCN(C(C3CC3)C(F)(F)F)N12. The number of fused-ring (bicyclic) bond motifs is 1. The smallest absolute Gasteiger partial charge is 0.261 e. The Morgan fingerprint density at radius 2 is 2.04 bits per heavy atom. The van der Waals surface area contributed by atoms with Gasteiger partial charge in [0.2, 0.25) is 5.95 Å². The van der Waals surface area contributed by atoms with Gasteiger partial charge in [-0.1, -0.05) is 0 Å². The van der Waals surface area contributed by atoms with Crippen LogP contribution in [0.25, 0.3) is 0 Å². The first-order valence-corrected chi connectivity index (χ1v) is 8.07. The molecule has 0 aromatic carbocycles. The van der Waals surface area contributed by atoms with Crippen LogP contribution >= 0.6 is 0 Å². The molecule has 4 rings (SSSR count). The first-order chi connectivity index (χ1) is 11.9. The van der Waals surface area contributed by atoms with Gasteiger partial charge in [0.25, 0.3) is 0 Å². The molecule has 132 valence electrons. The van der Waals surface area contributed by atoms with Crippen molar-refractivity contribution in [2.24, 2.45) is 10.9 Å². The van der Waals surface area contributed by atoms with Gasteiger partial charge in [0.15, 0.2) is 0 Å². The van der Waals surface area contributed by atoms with Crippen LogP contribution in [0.15, 0.2) is 47.0 Å². The second-order valence-electron chi connectivity index (χ2n) is 6.44. The van der Waals surface area contributed by atoms with E-state index >= 15 is 0 Å². The molecule has 0 saturated heterocycles. The third kappa shape index (κ3) is 2.84. The van der Waals surface area contributed by atoms with Gasteiger partial charge in [-0.25, -0.2) is 9.98 Å². The van der Waals surface area contributed by atoms with Crippen molar-refractivity contribution in [3.05, 3.63) is 53.5 Å². The lowest BCUT2D eigenvalue weighted by Crippen LogP contribution is -2.52. The molecule has 1 atom stereocenters. The van der Waals surface area contributed by atoms with Crippen LogP contribution in [-0.2, 0) is 0 Å². The summed E-state index contributed by atoms with van der Waals surface area (Å²) in [5.74, 6) is -0.629. The van der Waals surface area contributed by atoms with E-state index in [9.17, 15) is 17.6 Å². The van der Waals surface area contributed by atoms with Crippen molar-refractivity contribution in [1.29, 1.82) is 0 Å². The first-order valence-electron chi connectivity index (χ1n) is 8.07. The lowest BCUT2D eigenvalue weighted by Gasteiger charge is -2.39. The van der Waals surface area contributed by atoms with Gasteiger partial charge in [-0.3, -0.25) is 5.01 Å². The lowest BCUT2D eigenvalue weighted by atomic mass is 10.1. The van der Waals surface area contributed by atoms with Crippen molar-refractivity contribution in [2.75, 3.05) is 6.54 Å². The third-order valence-electron chi connectivity index (χ3n) is 4.61. The summed E-state index contributed by atoms with van der Waals surface area (Å²) in [7, 11) is 0. The van der Waals surface area contributed by atoms with E-state index in [1.807, 2.05) is 0 Å². The van der Waals surface area contributed by atoms with Crippen LogP contribution < -0.4 is 0 Å². The van der Waals surface area contributed by atoms with Crippen molar-refractivity contribution in [2.45, 2.75) is 32.0 Å². The maximum atomic E-state index is 13.9. The fraction of sp³-hybridized carbons (Fsp3) is 0.412. The summed E-state index contributed by atoms with van der Waals surface area (Å²) in [6.45, 7) is 1.84. The van der Waals surface area contributed by atoms with Crippen molar-refractivity contribution < 1.29 is 17.6 Å². The van der Waals surface area contributed by atoms with Crippen molar-refractivity contribution in [1.82, 2.24) is 15.0 Å². The maximum absolute atomic E-state index is 13.9. The second kappa shape index (κ2) is 5.66. The standard InChI is InChI=1S/C17H16F4N4/c1-10-9-13(12-3-2-7-22-16(12)18)23-14-6-8-24(25(10)14)15(11-4-5-11)17(19,20)21/h2-3,6-7,9,11,15H,4-5,8H2,1H3. The van der Waals surface area contributed by atoms with Crippen LogP contribution in [0.2, 0.25) is 0 Å². The highest BCUT2D eigenvalue weighted by atomic mass is 19.4. The zero-order valence-corrected chi connectivity index (χ0v) is 13.5. The summed E-state index contributed by atoms with van der Waals surface area (Å²) in [4.78, 5) is 7.96. The van der Waals surface area contributed by atoms with E-state index < -0.39 is 18.2 Å². The van der Waals surface area contributed by atoms with Crippen molar-refractivity contribution >= 4 is 5.71 Å². The number of hydrogen-bond donors (Lipinski definition) is 0. The molecule has 3 heterocycles. The summed E-state index contributed by atoms with van der Waals surface area (Å²) in [5, 5.41) is 2.81. The highest BCUT2D eigenvalue weighted by Gasteiger charge is 2.54. The minimum absolute atomic E-state index is 0.132. The summed E-state index contributed by atoms with van der Waals surface area (Å²) in [5.41, 5.74) is 1.17. The van der Waals surface area contributed by atoms with E-state index in [1.165, 1.54) is 16.2 Å². The van der Waals surface area contributed by atoms with Crippen LogP contribution in [0.4, 0.5) is 17.6 Å². The Kier molecular flexibility index (Phi) is 3.68. The molecule has 1 fully saturated rings. The van der Waals surface area contributed by atoms with Gasteiger partial charge in [0, 0.05) is 18.4 Å². The molecule has 1 aliphatic carbocycles. The number of aromatic nitrogens is 1. The fourth-order valence-electron chi connectivity index (χ4n) is 3.41. The first kappa shape index (κ1) is 16.3. The van der Waals surface area contributed by atoms with E-state index in [0.29, 0.717) is 30.1 Å². The number of halogens is 4. The molecule has 1 aromatic rings. The number of aliphatic imine (C=N–C) groups is 1. The summed E-state index contributed by atoms with van der Waals surface area (Å²) in [6, 6.07) is 1.63. The summed E-state index contributed by atoms with van der Waals surface area (Å²) >= 11 is 0. The Morgan fingerprint density at radius 3 is 2.68 bits per heavy atom. The van der Waals surface area contributed by atoms with Crippen LogP contribution in [0, 0.1) is 11.9 Å². The largest absolute Gasteiger partial charge is 0.406 e. The summed E-state index contributed by atoms with van der Waals surface area (Å²) in [6.07, 6.45) is 1.45. The minimum Gasteiger partial charge on any atom is -0.261 e. The number of pyridine rings is 1. The minimum atomic E-state index is -4.30. The number of nitrogens with zero attached hydrogens (tertiary/aromatic N) is 4. The molecule has 0 amide bonds. The van der Waals surface area contributed by atoms with Gasteiger partial charge in [-0.2, -0.15) is 22.6 Å². The topological polar surface area (TPSA) is 31.7 Å². The number of rotatable bonds is 3. The molecule has 1 aromatic heterocycles. The molecule has 0 bridgehead atoms. The zero-order chi connectivity index (χ0) is 17.8. The molecule has 0 spiro atoms. The molecule has 3 aliphatic rings. The highest BCUT2D eigenvalue weighted by molar-refractivity contribution is 6.10. The lowest BCUT2D eigenvalue weighted by molar-refractivity contribution is -0.212. The second-order valence-corrected chi connectivity index (χ2v) is 6.44. The van der Waals surface area contributed by atoms with Crippen molar-refractivity contribution in [3.63, 3.8) is 0 Å². The quantitative estimate of drug-likeness (QED) is 0.615. The molecule has 0 N–H and O–H groups in total. The monoisotopic (exact) mass is 352 g/mol. The van der Waals surface area contributed by atoms with Crippen LogP contribution in [0.3, 0.4) is 0 Å². The maximum Gasteiger partial charge on any atom is 0.406 e. The predicted molar refractivity (Wildman–Crippen MR) is 83.7 cm³/mol. The van der Waals surface area contributed by atoms with E-state index in [4.69, 9.17) is 0 Å². The Balaban J connectivity index is 1.66. The molecule has 25 heavy (non-hydrogen) atoms. The molecule has 2 aliphatic heterocycles. The fourth-order valence-corrected chi connectivity index (χ4v) is 3.41. The van der Waals surface area contributed by atoms with Gasteiger partial charge in [0.1, 0.15) is 11.9 Å².